The van der Waals surface area contributed by atoms with E-state index in [1.165, 1.54) is 4.88 Å². The summed E-state index contributed by atoms with van der Waals surface area (Å²) in [6.07, 6.45) is 5.72. The van der Waals surface area contributed by atoms with Gasteiger partial charge in [-0.2, -0.15) is 0 Å². The third kappa shape index (κ3) is 2.99. The molecule has 0 saturated carbocycles. The maximum atomic E-state index is 12.5. The Morgan fingerprint density at radius 2 is 2.46 bits per heavy atom. The van der Waals surface area contributed by atoms with Crippen LogP contribution in [0.1, 0.15) is 28.3 Å². The fourth-order valence-corrected chi connectivity index (χ4v) is 4.51. The van der Waals surface area contributed by atoms with Crippen molar-refractivity contribution in [2.45, 2.75) is 37.6 Å². The third-order valence-electron chi connectivity index (χ3n) is 4.91. The van der Waals surface area contributed by atoms with Crippen molar-refractivity contribution in [3.8, 4) is 0 Å². The van der Waals surface area contributed by atoms with Gasteiger partial charge in [0, 0.05) is 50.1 Å². The van der Waals surface area contributed by atoms with Gasteiger partial charge in [-0.1, -0.05) is 6.07 Å². The second-order valence-electron chi connectivity index (χ2n) is 6.50. The molecular formula is C17H22N4O2S. The molecule has 7 heteroatoms. The Labute approximate surface area is 145 Å². The Morgan fingerprint density at radius 1 is 1.54 bits per heavy atom. The minimum Gasteiger partial charge on any atom is -0.374 e. The van der Waals surface area contributed by atoms with Crippen molar-refractivity contribution in [3.63, 3.8) is 0 Å². The first-order valence-electron chi connectivity index (χ1n) is 8.38. The van der Waals surface area contributed by atoms with Crippen LogP contribution in [-0.2, 0) is 18.3 Å². The van der Waals surface area contributed by atoms with E-state index >= 15 is 0 Å². The molecule has 2 aromatic heterocycles. The highest BCUT2D eigenvalue weighted by Crippen LogP contribution is 2.31. The highest BCUT2D eigenvalue weighted by atomic mass is 32.1. The monoisotopic (exact) mass is 346 g/mol. The predicted octanol–water partition coefficient (Wildman–Crippen LogP) is 1.64. The van der Waals surface area contributed by atoms with Gasteiger partial charge in [-0.25, -0.2) is 4.98 Å². The van der Waals surface area contributed by atoms with Crippen LogP contribution < -0.4 is 5.32 Å². The molecule has 2 saturated heterocycles. The van der Waals surface area contributed by atoms with Gasteiger partial charge < -0.3 is 14.6 Å². The number of nitrogens with one attached hydrogen (secondary N) is 1. The summed E-state index contributed by atoms with van der Waals surface area (Å²) in [7, 11) is 1.83. The van der Waals surface area contributed by atoms with Crippen LogP contribution in [0.3, 0.4) is 0 Å². The summed E-state index contributed by atoms with van der Waals surface area (Å²) in [6.45, 7) is 2.53. The van der Waals surface area contributed by atoms with Crippen molar-refractivity contribution in [1.82, 2.24) is 19.8 Å². The molecule has 24 heavy (non-hydrogen) atoms. The minimum absolute atomic E-state index is 0.0134. The average molecular weight is 346 g/mol. The Morgan fingerprint density at radius 3 is 3.21 bits per heavy atom. The smallest absolute Gasteiger partial charge is 0.287 e. The number of imidazole rings is 1. The maximum Gasteiger partial charge on any atom is 0.287 e. The van der Waals surface area contributed by atoms with E-state index in [0.717, 1.165) is 32.5 Å². The van der Waals surface area contributed by atoms with Crippen molar-refractivity contribution in [2.75, 3.05) is 13.2 Å². The zero-order chi connectivity index (χ0) is 16.5. The number of nitrogens with zero attached hydrogens (tertiary/aromatic N) is 3. The van der Waals surface area contributed by atoms with Gasteiger partial charge in [0.05, 0.1) is 12.1 Å². The molecule has 0 unspecified atom stereocenters. The van der Waals surface area contributed by atoms with E-state index in [1.807, 2.05) is 7.05 Å². The zero-order valence-corrected chi connectivity index (χ0v) is 14.5. The first-order chi connectivity index (χ1) is 11.7. The number of likely N-dealkylation sites (tertiary alicyclic amines) is 1. The van der Waals surface area contributed by atoms with Gasteiger partial charge in [0.15, 0.2) is 5.82 Å². The molecule has 0 radical (unpaired) electrons. The summed E-state index contributed by atoms with van der Waals surface area (Å²) in [5, 5.41) is 5.26. The van der Waals surface area contributed by atoms with Gasteiger partial charge in [0.2, 0.25) is 0 Å². The number of aromatic nitrogens is 2. The summed E-state index contributed by atoms with van der Waals surface area (Å²) >= 11 is 1.78. The summed E-state index contributed by atoms with van der Waals surface area (Å²) in [4.78, 5) is 20.5. The van der Waals surface area contributed by atoms with Crippen LogP contribution in [0.15, 0.2) is 29.9 Å². The number of rotatable bonds is 4. The summed E-state index contributed by atoms with van der Waals surface area (Å²) in [6, 6.07) is 4.65. The Balaban J connectivity index is 1.48. The third-order valence-corrected chi connectivity index (χ3v) is 5.77. The van der Waals surface area contributed by atoms with Gasteiger partial charge in [0.1, 0.15) is 0 Å². The molecule has 4 heterocycles. The van der Waals surface area contributed by atoms with E-state index in [2.05, 4.69) is 32.7 Å². The van der Waals surface area contributed by atoms with Crippen LogP contribution in [0.2, 0.25) is 0 Å². The average Bonchev–Trinajstić information content (AvgIpc) is 3.30. The summed E-state index contributed by atoms with van der Waals surface area (Å²) < 4.78 is 7.78. The Kier molecular flexibility index (Phi) is 4.39. The maximum absolute atomic E-state index is 12.5. The largest absolute Gasteiger partial charge is 0.374 e. The fourth-order valence-electron chi connectivity index (χ4n) is 3.78. The van der Waals surface area contributed by atoms with Crippen LogP contribution in [0.4, 0.5) is 0 Å². The molecule has 1 amide bonds. The van der Waals surface area contributed by atoms with E-state index in [1.54, 1.807) is 28.3 Å². The van der Waals surface area contributed by atoms with Crippen molar-refractivity contribution in [1.29, 1.82) is 0 Å². The molecule has 2 fully saturated rings. The van der Waals surface area contributed by atoms with Crippen molar-refractivity contribution in [2.24, 2.45) is 7.05 Å². The number of carbonyl (C=O) groups excluding carboxylic acids is 1. The minimum atomic E-state index is -0.126. The van der Waals surface area contributed by atoms with Gasteiger partial charge in [0.25, 0.3) is 5.91 Å². The van der Waals surface area contributed by atoms with Crippen LogP contribution in [0.5, 0.6) is 0 Å². The first kappa shape index (κ1) is 15.8. The number of thiophene rings is 1. The molecule has 2 aliphatic heterocycles. The van der Waals surface area contributed by atoms with Crippen LogP contribution in [-0.4, -0.2) is 51.7 Å². The lowest BCUT2D eigenvalue weighted by molar-refractivity contribution is -0.0210. The van der Waals surface area contributed by atoms with Gasteiger partial charge in [-0.3, -0.25) is 9.69 Å². The molecule has 128 valence electrons. The zero-order valence-electron chi connectivity index (χ0n) is 13.7. The Bertz CT molecular complexity index is 699. The number of hydrogen-bond donors (Lipinski definition) is 1. The highest BCUT2D eigenvalue weighted by Gasteiger charge is 2.44. The number of aryl methyl sites for hydroxylation is 1. The predicted molar refractivity (Wildman–Crippen MR) is 92.0 cm³/mol. The van der Waals surface area contributed by atoms with E-state index < -0.39 is 0 Å². The number of ether oxygens (including phenoxy) is 1. The molecule has 0 aromatic carbocycles. The van der Waals surface area contributed by atoms with Gasteiger partial charge >= 0.3 is 0 Å². The van der Waals surface area contributed by atoms with Crippen molar-refractivity contribution in [3.05, 3.63) is 40.6 Å². The van der Waals surface area contributed by atoms with Crippen molar-refractivity contribution >= 4 is 17.2 Å². The lowest BCUT2D eigenvalue weighted by Crippen LogP contribution is -2.48. The van der Waals surface area contributed by atoms with E-state index in [0.29, 0.717) is 11.9 Å². The van der Waals surface area contributed by atoms with Gasteiger partial charge in [-0.15, -0.1) is 11.3 Å². The second kappa shape index (κ2) is 6.66. The van der Waals surface area contributed by atoms with E-state index in [-0.39, 0.29) is 18.1 Å². The number of amides is 1. The fraction of sp³-hybridized carbons (Fsp3) is 0.529. The number of hydrogen-bond acceptors (Lipinski definition) is 5. The molecule has 2 aromatic rings. The number of fused-ring (bicyclic) bond motifs is 1. The summed E-state index contributed by atoms with van der Waals surface area (Å²) in [5.41, 5.74) is 0. The van der Waals surface area contributed by atoms with Crippen LogP contribution in [0, 0.1) is 0 Å². The molecule has 1 N–H and O–H groups in total. The van der Waals surface area contributed by atoms with E-state index in [9.17, 15) is 4.79 Å². The first-order valence-corrected chi connectivity index (χ1v) is 9.26. The highest BCUT2D eigenvalue weighted by molar-refractivity contribution is 7.09. The van der Waals surface area contributed by atoms with Crippen LogP contribution >= 0.6 is 11.3 Å². The SMILES string of the molecule is Cn1ccnc1C(=O)N[C@@H]1CN(Cc2cccs2)[C@@H]2CCCO[C@@H]21. The molecule has 0 bridgehead atoms. The molecule has 3 atom stereocenters. The quantitative estimate of drug-likeness (QED) is 0.914. The lowest BCUT2D eigenvalue weighted by atomic mass is 10.0. The normalized spacial score (nSPS) is 27.1. The van der Waals surface area contributed by atoms with Crippen molar-refractivity contribution < 1.29 is 9.53 Å². The van der Waals surface area contributed by atoms with Crippen LogP contribution in [0.25, 0.3) is 0 Å². The Hall–Kier alpha value is -1.70. The summed E-state index contributed by atoms with van der Waals surface area (Å²) in [5.74, 6) is 0.317. The number of carbonyl (C=O) groups is 1. The molecule has 6 nitrogen and oxygen atoms in total. The topological polar surface area (TPSA) is 59.4 Å². The molecule has 0 aliphatic carbocycles. The second-order valence-corrected chi connectivity index (χ2v) is 7.53. The lowest BCUT2D eigenvalue weighted by Gasteiger charge is -2.32. The van der Waals surface area contributed by atoms with E-state index in [4.69, 9.17) is 4.74 Å². The molecule has 0 spiro atoms. The molecule has 4 rings (SSSR count). The standard InChI is InChI=1S/C17H22N4O2S/c1-20-7-6-18-16(20)17(22)19-13-11-21(10-12-4-3-9-24-12)14-5-2-8-23-15(13)14/h3-4,6-7,9,13-15H,2,5,8,10-11H2,1H3,(H,19,22)/t13-,14-,15-/m1/s1. The molecule has 2 aliphatic rings. The van der Waals surface area contributed by atoms with Gasteiger partial charge in [-0.05, 0) is 24.3 Å². The molecular weight excluding hydrogens is 324 g/mol.